The lowest BCUT2D eigenvalue weighted by atomic mass is 10.1. The highest BCUT2D eigenvalue weighted by Crippen LogP contribution is 2.30. The fourth-order valence-electron chi connectivity index (χ4n) is 7.02. The number of carbonyl (C=O) groups is 4. The zero-order valence-corrected chi connectivity index (χ0v) is 36.0. The summed E-state index contributed by atoms with van der Waals surface area (Å²) in [5.41, 5.74) is 8.11. The summed E-state index contributed by atoms with van der Waals surface area (Å²) >= 11 is 0. The van der Waals surface area contributed by atoms with E-state index < -0.39 is 0 Å². The predicted octanol–water partition coefficient (Wildman–Crippen LogP) is 10.8. The molecule has 11 nitrogen and oxygen atoms in total. The molecule has 0 spiro atoms. The van der Waals surface area contributed by atoms with E-state index in [4.69, 9.17) is 19.2 Å². The van der Waals surface area contributed by atoms with Gasteiger partial charge in [-0.3, -0.25) is 24.2 Å². The summed E-state index contributed by atoms with van der Waals surface area (Å²) in [5, 5.41) is 1.98. The monoisotopic (exact) mass is 872 g/mol. The van der Waals surface area contributed by atoms with Crippen LogP contribution in [0.1, 0.15) is 46.5 Å². The van der Waals surface area contributed by atoms with Crippen LogP contribution in [0, 0.1) is 0 Å². The van der Waals surface area contributed by atoms with Gasteiger partial charge in [0.15, 0.2) is 34.6 Å². The second-order valence-electron chi connectivity index (χ2n) is 15.3. The lowest BCUT2D eigenvalue weighted by Crippen LogP contribution is -2.02. The zero-order valence-electron chi connectivity index (χ0n) is 36.0. The van der Waals surface area contributed by atoms with Crippen LogP contribution in [-0.2, 0) is 32.4 Å². The number of nitrogens with zero attached hydrogens (tertiary/aromatic N) is 2. The maximum atomic E-state index is 12.8. The third-order valence-corrected chi connectivity index (χ3v) is 10.4. The SMILES string of the molecule is COc1ccc(/C=C/C(=O)CC(=O)/C=C/c2ccc3[nH]c(-c4cccc(COc5cccc(/C=C/C(=O)CC(=O)/C=C/c6ccc7[nH]ccc7c6)c5)n4)cc3c2)cc1OCc1ccccn1. The Labute approximate surface area is 380 Å². The Morgan fingerprint density at radius 1 is 0.545 bits per heavy atom. The van der Waals surface area contributed by atoms with Crippen molar-refractivity contribution in [2.24, 2.45) is 0 Å². The molecule has 0 saturated heterocycles. The molecule has 0 amide bonds. The van der Waals surface area contributed by atoms with Gasteiger partial charge in [-0.25, -0.2) is 4.98 Å². The van der Waals surface area contributed by atoms with Crippen molar-refractivity contribution < 1.29 is 33.4 Å². The molecule has 0 radical (unpaired) electrons. The van der Waals surface area contributed by atoms with E-state index in [1.54, 1.807) is 55.8 Å². The number of H-pyrrole nitrogens is 2. The van der Waals surface area contributed by atoms with E-state index in [9.17, 15) is 19.2 Å². The number of hydrogen-bond acceptors (Lipinski definition) is 9. The molecule has 326 valence electrons. The number of fused-ring (bicyclic) bond motifs is 2. The van der Waals surface area contributed by atoms with Gasteiger partial charge in [-0.2, -0.15) is 0 Å². The molecule has 0 aliphatic heterocycles. The molecular formula is C55H44N4O7. The Kier molecular flexibility index (Phi) is 14.1. The van der Waals surface area contributed by atoms with Gasteiger partial charge in [0, 0.05) is 28.8 Å². The van der Waals surface area contributed by atoms with Crippen molar-refractivity contribution in [3.05, 3.63) is 198 Å². The molecule has 66 heavy (non-hydrogen) atoms. The molecule has 0 atom stereocenters. The third kappa shape index (κ3) is 12.1. The molecule has 0 aliphatic carbocycles. The summed E-state index contributed by atoms with van der Waals surface area (Å²) in [7, 11) is 1.56. The van der Waals surface area contributed by atoms with Crippen LogP contribution in [0.2, 0.25) is 0 Å². The average molecular weight is 873 g/mol. The minimum absolute atomic E-state index is 0.212. The maximum absolute atomic E-state index is 12.8. The summed E-state index contributed by atoms with van der Waals surface area (Å²) in [6, 6.07) is 39.6. The van der Waals surface area contributed by atoms with Crippen LogP contribution < -0.4 is 14.2 Å². The highest BCUT2D eigenvalue weighted by Gasteiger charge is 2.11. The van der Waals surface area contributed by atoms with Gasteiger partial charge in [0.2, 0.25) is 0 Å². The number of aromatic nitrogens is 4. The molecule has 4 aromatic carbocycles. The molecule has 4 heterocycles. The highest BCUT2D eigenvalue weighted by molar-refractivity contribution is 6.11. The Balaban J connectivity index is 0.815. The van der Waals surface area contributed by atoms with E-state index in [1.807, 2.05) is 115 Å². The number of methoxy groups -OCH3 is 1. The second-order valence-corrected chi connectivity index (χ2v) is 15.3. The lowest BCUT2D eigenvalue weighted by Gasteiger charge is -2.11. The van der Waals surface area contributed by atoms with Gasteiger partial charge < -0.3 is 24.2 Å². The molecule has 0 bridgehead atoms. The Bertz CT molecular complexity index is 3170. The number of hydrogen-bond donors (Lipinski definition) is 2. The van der Waals surface area contributed by atoms with Crippen LogP contribution in [-0.4, -0.2) is 50.2 Å². The molecular weight excluding hydrogens is 829 g/mol. The van der Waals surface area contributed by atoms with Crippen molar-refractivity contribution >= 4 is 69.2 Å². The first-order valence-corrected chi connectivity index (χ1v) is 21.2. The number of ketones is 4. The van der Waals surface area contributed by atoms with Crippen molar-refractivity contribution in [3.8, 4) is 28.6 Å². The molecule has 0 saturated carbocycles. The van der Waals surface area contributed by atoms with Crippen LogP contribution in [0.4, 0.5) is 0 Å². The molecule has 0 fully saturated rings. The van der Waals surface area contributed by atoms with Crippen LogP contribution >= 0.6 is 0 Å². The van der Waals surface area contributed by atoms with Crippen LogP contribution in [0.25, 0.3) is 57.5 Å². The lowest BCUT2D eigenvalue weighted by molar-refractivity contribution is -0.123. The minimum Gasteiger partial charge on any atom is -0.493 e. The quantitative estimate of drug-likeness (QED) is 0.0563. The fraction of sp³-hybridized carbons (Fsp3) is 0.0909. The van der Waals surface area contributed by atoms with Crippen molar-refractivity contribution in [2.75, 3.05) is 7.11 Å². The van der Waals surface area contributed by atoms with E-state index in [1.165, 1.54) is 24.3 Å². The topological polar surface area (TPSA) is 153 Å². The van der Waals surface area contributed by atoms with Gasteiger partial charge in [0.25, 0.3) is 0 Å². The maximum Gasteiger partial charge on any atom is 0.163 e. The number of nitrogens with one attached hydrogen (secondary N) is 2. The summed E-state index contributed by atoms with van der Waals surface area (Å²) < 4.78 is 17.4. The summed E-state index contributed by atoms with van der Waals surface area (Å²) in [6.45, 7) is 0.471. The normalized spacial score (nSPS) is 11.7. The number of pyridine rings is 2. The van der Waals surface area contributed by atoms with Crippen molar-refractivity contribution in [2.45, 2.75) is 26.1 Å². The molecule has 11 heteroatoms. The molecule has 0 unspecified atom stereocenters. The molecule has 0 aliphatic rings. The number of allylic oxidation sites excluding steroid dienone is 4. The molecule has 2 N–H and O–H groups in total. The largest absolute Gasteiger partial charge is 0.493 e. The first-order valence-electron chi connectivity index (χ1n) is 21.2. The van der Waals surface area contributed by atoms with E-state index in [0.717, 1.165) is 61.1 Å². The van der Waals surface area contributed by atoms with Crippen LogP contribution in [0.3, 0.4) is 0 Å². The van der Waals surface area contributed by atoms with Gasteiger partial charge >= 0.3 is 0 Å². The second kappa shape index (κ2) is 21.1. The summed E-state index contributed by atoms with van der Waals surface area (Å²) in [5.74, 6) is 0.462. The van der Waals surface area contributed by atoms with Gasteiger partial charge in [-0.05, 0) is 137 Å². The molecule has 8 aromatic rings. The van der Waals surface area contributed by atoms with E-state index in [0.29, 0.717) is 22.9 Å². The summed E-state index contributed by atoms with van der Waals surface area (Å²) in [4.78, 5) is 66.2. The Morgan fingerprint density at radius 3 is 1.86 bits per heavy atom. The summed E-state index contributed by atoms with van der Waals surface area (Å²) in [6.07, 6.45) is 15.5. The van der Waals surface area contributed by atoms with Gasteiger partial charge in [0.05, 0.1) is 42.7 Å². The Morgan fingerprint density at radius 2 is 1.17 bits per heavy atom. The van der Waals surface area contributed by atoms with E-state index in [2.05, 4.69) is 15.0 Å². The zero-order chi connectivity index (χ0) is 45.7. The smallest absolute Gasteiger partial charge is 0.163 e. The first-order chi connectivity index (χ1) is 32.2. The number of carbonyl (C=O) groups excluding carboxylic acids is 4. The van der Waals surface area contributed by atoms with Crippen LogP contribution in [0.15, 0.2) is 164 Å². The number of benzene rings is 4. The molecule has 4 aromatic heterocycles. The Hall–Kier alpha value is -8.70. The van der Waals surface area contributed by atoms with E-state index >= 15 is 0 Å². The first kappa shape index (κ1) is 43.9. The number of rotatable bonds is 20. The standard InChI is InChI=1S/C55H44N4O7/c1-64-54-24-17-40(31-55(54)66-35-43-7-2-3-26-56-43)14-21-48(63)34-47(62)20-13-39-16-23-51-42(29-39)32-53(59-51)52-10-5-8-44(58-52)36-65-49-9-4-6-37(30-49)11-18-45(60)33-46(61)19-12-38-15-22-50-41(28-38)25-27-57-50/h2-32,57,59H,33-36H2,1H3/b18-11+,19-12+,20-13+,21-14+. The number of ether oxygens (including phenoxy) is 3. The van der Waals surface area contributed by atoms with Crippen molar-refractivity contribution in [1.82, 2.24) is 19.9 Å². The van der Waals surface area contributed by atoms with Gasteiger partial charge in [-0.1, -0.05) is 66.8 Å². The highest BCUT2D eigenvalue weighted by atomic mass is 16.5. The van der Waals surface area contributed by atoms with Crippen molar-refractivity contribution in [3.63, 3.8) is 0 Å². The fourth-order valence-corrected chi connectivity index (χ4v) is 7.02. The predicted molar refractivity (Wildman–Crippen MR) is 258 cm³/mol. The van der Waals surface area contributed by atoms with Crippen LogP contribution in [0.5, 0.6) is 17.2 Å². The third-order valence-electron chi connectivity index (χ3n) is 10.4. The van der Waals surface area contributed by atoms with Gasteiger partial charge in [0.1, 0.15) is 19.0 Å². The van der Waals surface area contributed by atoms with Crippen molar-refractivity contribution in [1.29, 1.82) is 0 Å². The van der Waals surface area contributed by atoms with Gasteiger partial charge in [-0.15, -0.1) is 0 Å². The average Bonchev–Trinajstić information content (AvgIpc) is 4.00. The molecule has 8 rings (SSSR count). The van der Waals surface area contributed by atoms with E-state index in [-0.39, 0.29) is 49.2 Å². The number of aromatic amines is 2. The minimum atomic E-state index is -0.325.